The van der Waals surface area contributed by atoms with E-state index >= 15 is 0 Å². The molecule has 2 N–H and O–H groups in total. The molecule has 3 aliphatic rings. The summed E-state index contributed by atoms with van der Waals surface area (Å²) in [5.74, 6) is 3.68. The predicted octanol–water partition coefficient (Wildman–Crippen LogP) is 2.17. The third kappa shape index (κ3) is 1.91. The third-order valence-corrected chi connectivity index (χ3v) is 5.46. The van der Waals surface area contributed by atoms with Gasteiger partial charge < -0.3 is 10.4 Å². The highest BCUT2D eigenvalue weighted by molar-refractivity contribution is 4.99. The maximum Gasteiger partial charge on any atom is 0.0613 e. The van der Waals surface area contributed by atoms with Crippen LogP contribution in [0.2, 0.25) is 0 Å². The van der Waals surface area contributed by atoms with Gasteiger partial charge >= 0.3 is 0 Å². The first-order chi connectivity index (χ1) is 7.71. The van der Waals surface area contributed by atoms with Crippen LogP contribution in [0.15, 0.2) is 0 Å². The van der Waals surface area contributed by atoms with Gasteiger partial charge in [0.25, 0.3) is 0 Å². The summed E-state index contributed by atoms with van der Waals surface area (Å²) in [6.45, 7) is 3.66. The van der Waals surface area contributed by atoms with Gasteiger partial charge in [-0.25, -0.2) is 0 Å². The van der Waals surface area contributed by atoms with Crippen molar-refractivity contribution in [1.29, 1.82) is 0 Å². The molecule has 92 valence electrons. The van der Waals surface area contributed by atoms with Crippen LogP contribution in [-0.4, -0.2) is 23.8 Å². The lowest BCUT2D eigenvalue weighted by molar-refractivity contribution is 0.143. The first-order valence-corrected chi connectivity index (χ1v) is 7.07. The number of fused-ring (bicyclic) bond motifs is 2. The second-order valence-corrected chi connectivity index (χ2v) is 6.67. The van der Waals surface area contributed by atoms with Crippen LogP contribution in [0, 0.1) is 23.7 Å². The number of hydrogen-bond acceptors (Lipinski definition) is 2. The Bertz CT molecular complexity index is 263. The van der Waals surface area contributed by atoms with Gasteiger partial charge in [0.2, 0.25) is 0 Å². The van der Waals surface area contributed by atoms with Crippen LogP contribution in [-0.2, 0) is 0 Å². The van der Waals surface area contributed by atoms with Crippen molar-refractivity contribution in [2.45, 2.75) is 51.0 Å². The van der Waals surface area contributed by atoms with Crippen molar-refractivity contribution in [3.05, 3.63) is 0 Å². The third-order valence-electron chi connectivity index (χ3n) is 5.46. The van der Waals surface area contributed by atoms with Gasteiger partial charge in [0.15, 0.2) is 0 Å². The summed E-state index contributed by atoms with van der Waals surface area (Å²) in [5.41, 5.74) is 0.0157. The molecular formula is C14H25NO. The maximum atomic E-state index is 9.54. The second-order valence-electron chi connectivity index (χ2n) is 6.67. The highest BCUT2D eigenvalue weighted by Gasteiger charge is 2.43. The molecule has 0 aromatic carbocycles. The number of nitrogens with one attached hydrogen (secondary N) is 1. The topological polar surface area (TPSA) is 32.3 Å². The van der Waals surface area contributed by atoms with Gasteiger partial charge in [-0.3, -0.25) is 0 Å². The Kier molecular flexibility index (Phi) is 2.75. The smallest absolute Gasteiger partial charge is 0.0613 e. The summed E-state index contributed by atoms with van der Waals surface area (Å²) in [6, 6.07) is 0. The van der Waals surface area contributed by atoms with Crippen LogP contribution < -0.4 is 5.32 Å². The largest absolute Gasteiger partial charge is 0.394 e. The van der Waals surface area contributed by atoms with E-state index in [-0.39, 0.29) is 5.54 Å². The molecule has 0 aromatic heterocycles. The van der Waals surface area contributed by atoms with Crippen molar-refractivity contribution in [3.63, 3.8) is 0 Å². The molecule has 0 aliphatic heterocycles. The molecule has 4 atom stereocenters. The van der Waals surface area contributed by atoms with E-state index in [1.807, 2.05) is 0 Å². The fourth-order valence-electron chi connectivity index (χ4n) is 4.04. The zero-order valence-corrected chi connectivity index (χ0v) is 10.4. The van der Waals surface area contributed by atoms with Crippen molar-refractivity contribution >= 4 is 0 Å². The number of aliphatic hydroxyl groups excluding tert-OH is 1. The van der Waals surface area contributed by atoms with E-state index in [0.29, 0.717) is 6.61 Å². The summed E-state index contributed by atoms with van der Waals surface area (Å²) in [6.07, 6.45) is 8.51. The van der Waals surface area contributed by atoms with Crippen LogP contribution in [0.3, 0.4) is 0 Å². The van der Waals surface area contributed by atoms with E-state index < -0.39 is 0 Å². The van der Waals surface area contributed by atoms with Crippen LogP contribution in [0.5, 0.6) is 0 Å². The number of aliphatic hydroxyl groups is 1. The minimum Gasteiger partial charge on any atom is -0.394 e. The molecule has 0 saturated heterocycles. The molecule has 2 heteroatoms. The molecule has 2 nitrogen and oxygen atoms in total. The molecule has 3 saturated carbocycles. The molecule has 16 heavy (non-hydrogen) atoms. The maximum absolute atomic E-state index is 9.54. The lowest BCUT2D eigenvalue weighted by atomic mass is 9.87. The quantitative estimate of drug-likeness (QED) is 0.748. The van der Waals surface area contributed by atoms with Crippen molar-refractivity contribution in [3.8, 4) is 0 Å². The Balaban J connectivity index is 1.52. The van der Waals surface area contributed by atoms with E-state index in [2.05, 4.69) is 12.2 Å². The van der Waals surface area contributed by atoms with Gasteiger partial charge in [0.1, 0.15) is 0 Å². The molecule has 3 aliphatic carbocycles. The first kappa shape index (κ1) is 11.0. The molecular weight excluding hydrogens is 198 g/mol. The van der Waals surface area contributed by atoms with Gasteiger partial charge in [-0.2, -0.15) is 0 Å². The van der Waals surface area contributed by atoms with E-state index in [1.165, 1.54) is 38.5 Å². The number of hydrogen-bond donors (Lipinski definition) is 2. The zero-order chi connectivity index (χ0) is 11.2. The van der Waals surface area contributed by atoms with Crippen molar-refractivity contribution in [1.82, 2.24) is 5.32 Å². The lowest BCUT2D eigenvalue weighted by Gasteiger charge is -2.32. The lowest BCUT2D eigenvalue weighted by Crippen LogP contribution is -2.50. The van der Waals surface area contributed by atoms with Gasteiger partial charge in [0, 0.05) is 5.54 Å². The first-order valence-electron chi connectivity index (χ1n) is 7.07. The highest BCUT2D eigenvalue weighted by atomic mass is 16.3. The Morgan fingerprint density at radius 1 is 1.19 bits per heavy atom. The van der Waals surface area contributed by atoms with Crippen molar-refractivity contribution in [2.24, 2.45) is 23.7 Å². The number of rotatable bonds is 5. The standard InChI is InChI=1S/C14H25NO/c1-14(9-16,13-4-5-13)15-8-12-7-10-2-3-11(12)6-10/h10-13,15-16H,2-9H2,1H3. The Labute approximate surface area is 98.8 Å². The summed E-state index contributed by atoms with van der Waals surface area (Å²) in [7, 11) is 0. The van der Waals surface area contributed by atoms with Crippen molar-refractivity contribution < 1.29 is 5.11 Å². The molecule has 0 heterocycles. The summed E-state index contributed by atoms with van der Waals surface area (Å²) < 4.78 is 0. The van der Waals surface area contributed by atoms with E-state index in [9.17, 15) is 5.11 Å². The van der Waals surface area contributed by atoms with Crippen molar-refractivity contribution in [2.75, 3.05) is 13.2 Å². The van der Waals surface area contributed by atoms with E-state index in [1.54, 1.807) is 0 Å². The summed E-state index contributed by atoms with van der Waals surface area (Å²) in [5, 5.41) is 13.2. The van der Waals surface area contributed by atoms with Crippen LogP contribution in [0.4, 0.5) is 0 Å². The SMILES string of the molecule is CC(CO)(NCC1CC2CCC1C2)C1CC1. The zero-order valence-electron chi connectivity index (χ0n) is 10.4. The Morgan fingerprint density at radius 2 is 2.00 bits per heavy atom. The summed E-state index contributed by atoms with van der Waals surface area (Å²) in [4.78, 5) is 0. The van der Waals surface area contributed by atoms with Gasteiger partial charge in [-0.05, 0) is 69.2 Å². The monoisotopic (exact) mass is 223 g/mol. The van der Waals surface area contributed by atoms with Gasteiger partial charge in [-0.15, -0.1) is 0 Å². The average molecular weight is 223 g/mol. The Morgan fingerprint density at radius 3 is 2.50 bits per heavy atom. The van der Waals surface area contributed by atoms with Gasteiger partial charge in [0.05, 0.1) is 6.61 Å². The molecule has 2 bridgehead atoms. The molecule has 4 unspecified atom stereocenters. The molecule has 0 aromatic rings. The molecule has 3 fully saturated rings. The van der Waals surface area contributed by atoms with Crippen LogP contribution in [0.1, 0.15) is 45.4 Å². The normalized spacial score (nSPS) is 41.2. The fraction of sp³-hybridized carbons (Fsp3) is 1.00. The molecule has 0 amide bonds. The minimum absolute atomic E-state index is 0.0157. The summed E-state index contributed by atoms with van der Waals surface area (Å²) >= 11 is 0. The Hall–Kier alpha value is -0.0800. The average Bonchev–Trinajstić information content (AvgIpc) is 2.97. The van der Waals surface area contributed by atoms with E-state index in [4.69, 9.17) is 0 Å². The highest BCUT2D eigenvalue weighted by Crippen LogP contribution is 2.48. The fourth-order valence-corrected chi connectivity index (χ4v) is 4.04. The molecule has 0 radical (unpaired) electrons. The molecule has 3 rings (SSSR count). The van der Waals surface area contributed by atoms with E-state index in [0.717, 1.165) is 30.2 Å². The predicted molar refractivity (Wildman–Crippen MR) is 65.2 cm³/mol. The van der Waals surface area contributed by atoms with Crippen LogP contribution >= 0.6 is 0 Å². The molecule has 0 spiro atoms. The minimum atomic E-state index is 0.0157. The van der Waals surface area contributed by atoms with Gasteiger partial charge in [-0.1, -0.05) is 6.42 Å². The second kappa shape index (κ2) is 3.99. The van der Waals surface area contributed by atoms with Crippen LogP contribution in [0.25, 0.3) is 0 Å².